The molecule has 1 fully saturated rings. The molecule has 1 heterocycles. The molecule has 3 rings (SSSR count). The Bertz CT molecular complexity index is 831. The van der Waals surface area contributed by atoms with Gasteiger partial charge in [0, 0.05) is 11.6 Å². The summed E-state index contributed by atoms with van der Waals surface area (Å²) in [5.74, 6) is 0.0551. The van der Waals surface area contributed by atoms with Crippen LogP contribution in [0.5, 0.6) is 5.75 Å². The van der Waals surface area contributed by atoms with Crippen LogP contribution in [0.1, 0.15) is 24.0 Å². The van der Waals surface area contributed by atoms with Gasteiger partial charge in [0.25, 0.3) is 0 Å². The van der Waals surface area contributed by atoms with E-state index in [2.05, 4.69) is 6.07 Å². The highest BCUT2D eigenvalue weighted by Gasteiger charge is 2.25. The molecule has 1 saturated heterocycles. The van der Waals surface area contributed by atoms with Gasteiger partial charge in [-0.3, -0.25) is 0 Å². The Kier molecular flexibility index (Phi) is 5.49. The van der Waals surface area contributed by atoms with Gasteiger partial charge in [0.15, 0.2) is 6.10 Å². The van der Waals surface area contributed by atoms with Crippen molar-refractivity contribution < 1.29 is 14.3 Å². The Labute approximate surface area is 151 Å². The highest BCUT2D eigenvalue weighted by atomic mass is 35.5. The molecule has 1 aliphatic rings. The fourth-order valence-electron chi connectivity index (χ4n) is 2.59. The summed E-state index contributed by atoms with van der Waals surface area (Å²) in [6.07, 6.45) is 2.82. The normalized spacial score (nSPS) is 17.1. The zero-order valence-electron chi connectivity index (χ0n) is 13.4. The molecule has 5 heteroatoms. The number of carbonyl (C=O) groups is 1. The second-order valence-electron chi connectivity index (χ2n) is 5.67. The molecule has 1 unspecified atom stereocenters. The number of carbonyl (C=O) groups excluding carboxylic acids is 1. The summed E-state index contributed by atoms with van der Waals surface area (Å²) in [6.45, 7) is 0.592. The molecule has 0 bridgehead atoms. The summed E-state index contributed by atoms with van der Waals surface area (Å²) >= 11 is 5.88. The van der Waals surface area contributed by atoms with E-state index < -0.39 is 6.10 Å². The molecule has 1 aliphatic heterocycles. The van der Waals surface area contributed by atoms with E-state index in [-0.39, 0.29) is 5.97 Å². The first-order chi connectivity index (χ1) is 12.2. The second kappa shape index (κ2) is 7.98. The molecule has 0 radical (unpaired) electrons. The maximum Gasteiger partial charge on any atom is 0.340 e. The minimum atomic E-state index is -0.483. The van der Waals surface area contributed by atoms with Crippen LogP contribution in [0.4, 0.5) is 0 Å². The first-order valence-corrected chi connectivity index (χ1v) is 8.34. The lowest BCUT2D eigenvalue weighted by Gasteiger charge is -2.09. The van der Waals surface area contributed by atoms with E-state index in [4.69, 9.17) is 21.1 Å². The predicted octanol–water partition coefficient (Wildman–Crippen LogP) is 4.49. The molecule has 1 atom stereocenters. The van der Waals surface area contributed by atoms with Crippen molar-refractivity contribution in [3.63, 3.8) is 0 Å². The van der Waals surface area contributed by atoms with E-state index >= 15 is 0 Å². The SMILES string of the molecule is N#C/C(=C/c1cccc(OC(=O)C2CCCO2)c1)c1ccc(Cl)cc1. The van der Waals surface area contributed by atoms with E-state index in [0.717, 1.165) is 17.5 Å². The highest BCUT2D eigenvalue weighted by Crippen LogP contribution is 2.23. The molecule has 0 aromatic heterocycles. The van der Waals surface area contributed by atoms with E-state index in [9.17, 15) is 10.1 Å². The number of nitriles is 1. The summed E-state index contributed by atoms with van der Waals surface area (Å²) in [5, 5.41) is 10.0. The van der Waals surface area contributed by atoms with Gasteiger partial charge in [-0.2, -0.15) is 5.26 Å². The number of allylic oxidation sites excluding steroid dienone is 1. The van der Waals surface area contributed by atoms with E-state index in [1.54, 1.807) is 48.5 Å². The van der Waals surface area contributed by atoms with Crippen LogP contribution < -0.4 is 4.74 Å². The molecule has 0 spiro atoms. The number of benzene rings is 2. The number of hydrogen-bond acceptors (Lipinski definition) is 4. The molecule has 2 aromatic carbocycles. The molecular formula is C20H16ClNO3. The summed E-state index contributed by atoms with van der Waals surface area (Å²) in [7, 11) is 0. The van der Waals surface area contributed by atoms with Crippen molar-refractivity contribution in [2.75, 3.05) is 6.61 Å². The van der Waals surface area contributed by atoms with Crippen LogP contribution in [0.3, 0.4) is 0 Å². The first-order valence-electron chi connectivity index (χ1n) is 7.97. The van der Waals surface area contributed by atoms with Gasteiger partial charge in [-0.05, 0) is 54.3 Å². The third-order valence-electron chi connectivity index (χ3n) is 3.86. The van der Waals surface area contributed by atoms with Gasteiger partial charge in [-0.1, -0.05) is 35.9 Å². The fraction of sp³-hybridized carbons (Fsp3) is 0.200. The second-order valence-corrected chi connectivity index (χ2v) is 6.11. The Morgan fingerprint density at radius 1 is 1.28 bits per heavy atom. The third-order valence-corrected chi connectivity index (χ3v) is 4.11. The largest absolute Gasteiger partial charge is 0.425 e. The van der Waals surface area contributed by atoms with Crippen LogP contribution >= 0.6 is 11.6 Å². The molecule has 2 aromatic rings. The molecule has 0 saturated carbocycles. The minimum Gasteiger partial charge on any atom is -0.425 e. The summed E-state index contributed by atoms with van der Waals surface area (Å²) in [5.41, 5.74) is 2.04. The van der Waals surface area contributed by atoms with Crippen molar-refractivity contribution in [3.8, 4) is 11.8 Å². The van der Waals surface area contributed by atoms with Gasteiger partial charge >= 0.3 is 5.97 Å². The first kappa shape index (κ1) is 17.2. The molecule has 0 amide bonds. The van der Waals surface area contributed by atoms with Gasteiger partial charge in [-0.25, -0.2) is 4.79 Å². The van der Waals surface area contributed by atoms with Crippen LogP contribution in [0.2, 0.25) is 5.02 Å². The van der Waals surface area contributed by atoms with Crippen molar-refractivity contribution in [1.82, 2.24) is 0 Å². The number of ether oxygens (including phenoxy) is 2. The summed E-state index contributed by atoms with van der Waals surface area (Å²) in [6, 6.07) is 16.3. The van der Waals surface area contributed by atoms with Crippen molar-refractivity contribution in [2.24, 2.45) is 0 Å². The molecule has 0 N–H and O–H groups in total. The monoisotopic (exact) mass is 353 g/mol. The molecule has 25 heavy (non-hydrogen) atoms. The lowest BCUT2D eigenvalue weighted by Crippen LogP contribution is -2.24. The maximum absolute atomic E-state index is 12.0. The summed E-state index contributed by atoms with van der Waals surface area (Å²) < 4.78 is 10.7. The van der Waals surface area contributed by atoms with Crippen LogP contribution in [-0.2, 0) is 9.53 Å². The molecular weight excluding hydrogens is 338 g/mol. The van der Waals surface area contributed by atoms with Gasteiger partial charge in [0.2, 0.25) is 0 Å². The van der Waals surface area contributed by atoms with Crippen LogP contribution in [0.15, 0.2) is 48.5 Å². The van der Waals surface area contributed by atoms with Crippen LogP contribution in [-0.4, -0.2) is 18.7 Å². The predicted molar refractivity (Wildman–Crippen MR) is 96.0 cm³/mol. The average molecular weight is 354 g/mol. The van der Waals surface area contributed by atoms with Crippen molar-refractivity contribution in [1.29, 1.82) is 5.26 Å². The van der Waals surface area contributed by atoms with Gasteiger partial charge in [-0.15, -0.1) is 0 Å². The van der Waals surface area contributed by atoms with Crippen molar-refractivity contribution >= 4 is 29.2 Å². The molecule has 4 nitrogen and oxygen atoms in total. The molecule has 126 valence electrons. The minimum absolute atomic E-state index is 0.378. The van der Waals surface area contributed by atoms with Crippen molar-refractivity contribution in [2.45, 2.75) is 18.9 Å². The van der Waals surface area contributed by atoms with E-state index in [0.29, 0.717) is 29.4 Å². The van der Waals surface area contributed by atoms with Crippen LogP contribution in [0.25, 0.3) is 11.6 Å². The molecule has 0 aliphatic carbocycles. The topological polar surface area (TPSA) is 59.3 Å². The van der Waals surface area contributed by atoms with E-state index in [1.807, 2.05) is 6.07 Å². The number of halogens is 1. The van der Waals surface area contributed by atoms with Gasteiger partial charge in [0.05, 0.1) is 11.6 Å². The fourth-order valence-corrected chi connectivity index (χ4v) is 2.72. The Hall–Kier alpha value is -2.61. The average Bonchev–Trinajstić information content (AvgIpc) is 3.16. The summed E-state index contributed by atoms with van der Waals surface area (Å²) in [4.78, 5) is 12.0. The zero-order valence-corrected chi connectivity index (χ0v) is 14.2. The maximum atomic E-state index is 12.0. The quantitative estimate of drug-likeness (QED) is 0.352. The van der Waals surface area contributed by atoms with E-state index in [1.165, 1.54) is 0 Å². The number of hydrogen-bond donors (Lipinski definition) is 0. The smallest absolute Gasteiger partial charge is 0.340 e. The highest BCUT2D eigenvalue weighted by molar-refractivity contribution is 6.30. The zero-order chi connectivity index (χ0) is 17.6. The van der Waals surface area contributed by atoms with Crippen LogP contribution in [0, 0.1) is 11.3 Å². The lowest BCUT2D eigenvalue weighted by molar-refractivity contribution is -0.144. The Morgan fingerprint density at radius 3 is 2.76 bits per heavy atom. The number of nitrogens with zero attached hydrogens (tertiary/aromatic N) is 1. The van der Waals surface area contributed by atoms with Crippen molar-refractivity contribution in [3.05, 3.63) is 64.7 Å². The lowest BCUT2D eigenvalue weighted by atomic mass is 10.0. The number of esters is 1. The number of rotatable bonds is 4. The third kappa shape index (κ3) is 4.48. The van der Waals surface area contributed by atoms with Gasteiger partial charge in [0.1, 0.15) is 5.75 Å². The Balaban J connectivity index is 1.79. The Morgan fingerprint density at radius 2 is 2.08 bits per heavy atom. The van der Waals surface area contributed by atoms with Gasteiger partial charge < -0.3 is 9.47 Å². The standard InChI is InChI=1S/C20H16ClNO3/c21-17-8-6-15(7-9-17)16(13-22)11-14-3-1-4-18(12-14)25-20(23)19-5-2-10-24-19/h1,3-4,6-9,11-12,19H,2,5,10H2/b16-11-.